The summed E-state index contributed by atoms with van der Waals surface area (Å²) in [5.41, 5.74) is -0.201. The van der Waals surface area contributed by atoms with E-state index in [1.54, 1.807) is 30.3 Å². The number of aliphatic carboxylic acids is 1. The van der Waals surface area contributed by atoms with Crippen LogP contribution in [0.4, 0.5) is 5.69 Å². The van der Waals surface area contributed by atoms with E-state index in [-0.39, 0.29) is 36.9 Å². The summed E-state index contributed by atoms with van der Waals surface area (Å²) in [6, 6.07) is 6.37. The maximum atomic E-state index is 13.1. The topological polar surface area (TPSA) is 107 Å². The number of carboxylic acids is 1. The van der Waals surface area contributed by atoms with Crippen LogP contribution in [0.2, 0.25) is 5.02 Å². The third-order valence-corrected chi connectivity index (χ3v) is 9.59. The second kappa shape index (κ2) is 7.74. The Balaban J connectivity index is 1.27. The fraction of sp³-hybridized carbons (Fsp3) is 0.545. The molecule has 1 heterocycles. The summed E-state index contributed by atoms with van der Waals surface area (Å²) in [4.78, 5) is 24.8. The van der Waals surface area contributed by atoms with Crippen LogP contribution in [0, 0.1) is 23.2 Å². The first-order chi connectivity index (χ1) is 15.2. The molecule has 0 aromatic heterocycles. The molecule has 4 bridgehead atoms. The van der Waals surface area contributed by atoms with Crippen molar-refractivity contribution in [3.63, 3.8) is 0 Å². The zero-order valence-electron chi connectivity index (χ0n) is 17.5. The van der Waals surface area contributed by atoms with E-state index in [0.29, 0.717) is 29.5 Å². The number of anilines is 1. The fourth-order valence-electron chi connectivity index (χ4n) is 6.42. The van der Waals surface area contributed by atoms with Gasteiger partial charge in [0, 0.05) is 23.8 Å². The molecule has 1 aliphatic heterocycles. The van der Waals surface area contributed by atoms with Crippen LogP contribution in [0.5, 0.6) is 0 Å². The average molecular weight is 480 g/mol. The summed E-state index contributed by atoms with van der Waals surface area (Å²) in [6.45, 7) is -0.165. The molecule has 1 amide bonds. The Hall–Kier alpha value is -2.10. The van der Waals surface area contributed by atoms with Gasteiger partial charge in [-0.25, -0.2) is 4.31 Å². The van der Waals surface area contributed by atoms with Crippen molar-refractivity contribution in [1.82, 2.24) is 9.62 Å². The van der Waals surface area contributed by atoms with Crippen LogP contribution in [0.15, 0.2) is 36.5 Å². The molecule has 2 N–H and O–H groups in total. The highest BCUT2D eigenvalue weighted by molar-refractivity contribution is 7.90. The number of nitrogens with one attached hydrogen (secondary N) is 1. The molecule has 0 saturated heterocycles. The minimum Gasteiger partial charge on any atom is -0.481 e. The predicted molar refractivity (Wildman–Crippen MR) is 119 cm³/mol. The highest BCUT2D eigenvalue weighted by Crippen LogP contribution is 2.60. The first-order valence-corrected chi connectivity index (χ1v) is 12.7. The minimum atomic E-state index is -3.91. The van der Waals surface area contributed by atoms with E-state index in [4.69, 9.17) is 11.6 Å². The molecule has 4 fully saturated rings. The zero-order chi connectivity index (χ0) is 22.7. The third kappa shape index (κ3) is 3.60. The minimum absolute atomic E-state index is 0.0815. The molecule has 2 unspecified atom stereocenters. The molecule has 1 aromatic rings. The quantitative estimate of drug-likeness (QED) is 0.675. The number of carbonyl (C=O) groups excluding carboxylic acids is 1. The second-order valence-electron chi connectivity index (χ2n) is 9.61. The Morgan fingerprint density at radius 3 is 2.41 bits per heavy atom. The first-order valence-electron chi connectivity index (χ1n) is 10.9. The van der Waals surface area contributed by atoms with Crippen LogP contribution < -0.4 is 9.62 Å². The van der Waals surface area contributed by atoms with Crippen LogP contribution in [0.3, 0.4) is 0 Å². The summed E-state index contributed by atoms with van der Waals surface area (Å²) >= 11 is 5.91. The summed E-state index contributed by atoms with van der Waals surface area (Å²) in [7, 11) is -3.91. The Morgan fingerprint density at radius 1 is 1.12 bits per heavy atom. The number of amides is 1. The van der Waals surface area contributed by atoms with E-state index in [9.17, 15) is 23.1 Å². The second-order valence-corrected chi connectivity index (χ2v) is 11.8. The van der Waals surface area contributed by atoms with Crippen molar-refractivity contribution in [3.05, 3.63) is 41.6 Å². The molecule has 0 radical (unpaired) electrons. The SMILES string of the molecule is O=C(CN1CC=CN(c2ccc(Cl)cc2)S1(=O)=O)NC1C2CC3CC1CC(C(=O)O)(C3)C2. The molecule has 1 aromatic carbocycles. The van der Waals surface area contributed by atoms with Gasteiger partial charge in [-0.3, -0.25) is 9.59 Å². The van der Waals surface area contributed by atoms with Gasteiger partial charge in [-0.05, 0) is 74.1 Å². The van der Waals surface area contributed by atoms with Crippen molar-refractivity contribution in [1.29, 1.82) is 0 Å². The molecule has 6 rings (SSSR count). The Labute approximate surface area is 192 Å². The number of nitrogens with zero attached hydrogens (tertiary/aromatic N) is 2. The van der Waals surface area contributed by atoms with Crippen LogP contribution in [0.25, 0.3) is 0 Å². The van der Waals surface area contributed by atoms with Gasteiger partial charge in [0.2, 0.25) is 5.91 Å². The standard InChI is InChI=1S/C22H26ClN3O5S/c23-17-2-4-18(5-3-17)26-7-1-6-25(32(26,30)31)13-19(27)24-20-15-8-14-9-16(20)12-22(10-14,11-15)21(28)29/h1-5,7,14-16,20H,6,8-13H2,(H,24,27)(H,28,29). The van der Waals surface area contributed by atoms with Gasteiger partial charge in [0.1, 0.15) is 0 Å². The van der Waals surface area contributed by atoms with Crippen molar-refractivity contribution in [2.45, 2.75) is 38.1 Å². The lowest BCUT2D eigenvalue weighted by Gasteiger charge is -2.58. The van der Waals surface area contributed by atoms with Gasteiger partial charge in [0.15, 0.2) is 0 Å². The van der Waals surface area contributed by atoms with Gasteiger partial charge in [-0.15, -0.1) is 0 Å². The summed E-state index contributed by atoms with van der Waals surface area (Å²) in [6.07, 6.45) is 6.98. The monoisotopic (exact) mass is 479 g/mol. The predicted octanol–water partition coefficient (Wildman–Crippen LogP) is 2.62. The maximum Gasteiger partial charge on any atom is 0.309 e. The highest BCUT2D eigenvalue weighted by Gasteiger charge is 2.59. The fourth-order valence-corrected chi connectivity index (χ4v) is 7.98. The van der Waals surface area contributed by atoms with Crippen LogP contribution in [-0.2, 0) is 19.8 Å². The molecule has 5 aliphatic rings. The van der Waals surface area contributed by atoms with Crippen LogP contribution >= 0.6 is 11.6 Å². The largest absolute Gasteiger partial charge is 0.481 e. The summed E-state index contributed by atoms with van der Waals surface area (Å²) in [5.74, 6) is -0.358. The lowest BCUT2D eigenvalue weighted by atomic mass is 9.48. The van der Waals surface area contributed by atoms with Crippen molar-refractivity contribution in [3.8, 4) is 0 Å². The Kier molecular flexibility index (Phi) is 5.26. The molecular formula is C22H26ClN3O5S. The Morgan fingerprint density at radius 2 is 1.78 bits per heavy atom. The van der Waals surface area contributed by atoms with E-state index >= 15 is 0 Å². The number of hydrogen-bond acceptors (Lipinski definition) is 4. The van der Waals surface area contributed by atoms with E-state index in [2.05, 4.69) is 5.32 Å². The third-order valence-electron chi connectivity index (χ3n) is 7.58. The van der Waals surface area contributed by atoms with Gasteiger partial charge in [-0.1, -0.05) is 17.7 Å². The zero-order valence-corrected chi connectivity index (χ0v) is 19.1. The molecule has 8 nitrogen and oxygen atoms in total. The summed E-state index contributed by atoms with van der Waals surface area (Å²) < 4.78 is 28.5. The molecule has 4 saturated carbocycles. The first kappa shape index (κ1) is 21.7. The number of halogens is 1. The van der Waals surface area contributed by atoms with Gasteiger partial charge in [0.25, 0.3) is 0 Å². The van der Waals surface area contributed by atoms with Crippen molar-refractivity contribution < 1.29 is 23.1 Å². The van der Waals surface area contributed by atoms with Crippen LogP contribution in [0.1, 0.15) is 32.1 Å². The Bertz CT molecular complexity index is 1060. The van der Waals surface area contributed by atoms with Crippen molar-refractivity contribution in [2.75, 3.05) is 17.4 Å². The van der Waals surface area contributed by atoms with Gasteiger partial charge < -0.3 is 10.4 Å². The van der Waals surface area contributed by atoms with Gasteiger partial charge >= 0.3 is 16.2 Å². The normalized spacial score (nSPS) is 35.1. The van der Waals surface area contributed by atoms with Gasteiger partial charge in [0.05, 0.1) is 17.6 Å². The molecule has 2 atom stereocenters. The van der Waals surface area contributed by atoms with E-state index in [0.717, 1.165) is 27.9 Å². The highest BCUT2D eigenvalue weighted by atomic mass is 35.5. The van der Waals surface area contributed by atoms with Crippen LogP contribution in [-0.4, -0.2) is 48.8 Å². The molecular weight excluding hydrogens is 454 g/mol. The molecule has 32 heavy (non-hydrogen) atoms. The summed E-state index contributed by atoms with van der Waals surface area (Å²) in [5, 5.41) is 13.3. The molecule has 4 aliphatic carbocycles. The average Bonchev–Trinajstić information content (AvgIpc) is 2.72. The lowest BCUT2D eigenvalue weighted by Crippen LogP contribution is -2.62. The maximum absolute atomic E-state index is 13.1. The number of carboxylic acid groups (broad SMARTS) is 1. The van der Waals surface area contributed by atoms with Gasteiger partial charge in [-0.2, -0.15) is 12.7 Å². The van der Waals surface area contributed by atoms with E-state index in [1.807, 2.05) is 0 Å². The molecule has 10 heteroatoms. The number of benzene rings is 1. The number of rotatable bonds is 5. The van der Waals surface area contributed by atoms with Crippen molar-refractivity contribution >= 4 is 39.4 Å². The number of hydrogen-bond donors (Lipinski definition) is 2. The van der Waals surface area contributed by atoms with E-state index in [1.165, 1.54) is 6.20 Å². The lowest BCUT2D eigenvalue weighted by molar-refractivity contribution is -0.167. The van der Waals surface area contributed by atoms with Crippen molar-refractivity contribution in [2.24, 2.45) is 23.2 Å². The molecule has 0 spiro atoms. The smallest absolute Gasteiger partial charge is 0.309 e. The molecule has 172 valence electrons. The number of carbonyl (C=O) groups is 2. The van der Waals surface area contributed by atoms with E-state index < -0.39 is 21.6 Å².